The minimum absolute atomic E-state index is 0.278. The lowest BCUT2D eigenvalue weighted by molar-refractivity contribution is 0.102. The van der Waals surface area contributed by atoms with Crippen LogP contribution in [0.15, 0.2) is 59.3 Å². The molecule has 0 fully saturated rings. The Balaban J connectivity index is 1.66. The predicted octanol–water partition coefficient (Wildman–Crippen LogP) is 3.61. The smallest absolute Gasteiger partial charge is 0.273 e. The molecule has 1 aromatic carbocycles. The number of carbonyl (C=O) groups is 1. The molecule has 0 saturated heterocycles. The van der Waals surface area contributed by atoms with Gasteiger partial charge in [-0.2, -0.15) is 5.10 Å². The van der Waals surface area contributed by atoms with Crippen molar-refractivity contribution in [1.82, 2.24) is 15.2 Å². The highest BCUT2D eigenvalue weighted by Gasteiger charge is 2.07. The van der Waals surface area contributed by atoms with E-state index in [1.807, 2.05) is 24.3 Å². The molecule has 110 valence electrons. The Morgan fingerprint density at radius 3 is 2.82 bits per heavy atom. The van der Waals surface area contributed by atoms with E-state index in [1.54, 1.807) is 18.2 Å². The van der Waals surface area contributed by atoms with Crippen LogP contribution in [0.25, 0.3) is 0 Å². The van der Waals surface area contributed by atoms with Crippen molar-refractivity contribution in [2.24, 2.45) is 0 Å². The average molecular weight is 359 g/mol. The molecule has 0 bridgehead atoms. The van der Waals surface area contributed by atoms with Crippen molar-refractivity contribution in [2.75, 3.05) is 5.32 Å². The Morgan fingerprint density at radius 2 is 2.14 bits per heavy atom. The van der Waals surface area contributed by atoms with Gasteiger partial charge in [0, 0.05) is 16.7 Å². The summed E-state index contributed by atoms with van der Waals surface area (Å²) in [5.74, 6) is 0.841. The lowest BCUT2D eigenvalue weighted by Crippen LogP contribution is -2.12. The van der Waals surface area contributed by atoms with E-state index in [0.29, 0.717) is 23.0 Å². The highest BCUT2D eigenvalue weighted by molar-refractivity contribution is 9.10. The number of hydrogen-bond acceptors (Lipinski definition) is 4. The lowest BCUT2D eigenvalue weighted by Gasteiger charge is -2.07. The van der Waals surface area contributed by atoms with Crippen LogP contribution in [0, 0.1) is 0 Å². The molecule has 2 N–H and O–H groups in total. The van der Waals surface area contributed by atoms with E-state index in [2.05, 4.69) is 36.4 Å². The topological polar surface area (TPSA) is 79.9 Å². The molecule has 3 rings (SSSR count). The van der Waals surface area contributed by atoms with Gasteiger partial charge < -0.3 is 10.1 Å². The van der Waals surface area contributed by atoms with Crippen LogP contribution < -0.4 is 10.1 Å². The van der Waals surface area contributed by atoms with Gasteiger partial charge in [-0.05, 0) is 30.3 Å². The molecule has 1 amide bonds. The largest absolute Gasteiger partial charge is 0.439 e. The number of hydrogen-bond donors (Lipinski definition) is 2. The highest BCUT2D eigenvalue weighted by Crippen LogP contribution is 2.23. The second-order valence-corrected chi connectivity index (χ2v) is 5.28. The van der Waals surface area contributed by atoms with E-state index in [4.69, 9.17) is 4.74 Å². The number of halogens is 1. The van der Waals surface area contributed by atoms with E-state index in [-0.39, 0.29) is 5.91 Å². The summed E-state index contributed by atoms with van der Waals surface area (Å²) < 4.78 is 6.55. The molecule has 2 heterocycles. The molecule has 6 nitrogen and oxygen atoms in total. The fourth-order valence-corrected chi connectivity index (χ4v) is 2.12. The summed E-state index contributed by atoms with van der Waals surface area (Å²) in [7, 11) is 0. The van der Waals surface area contributed by atoms with Gasteiger partial charge in [0.15, 0.2) is 0 Å². The molecule has 0 aliphatic rings. The molecule has 3 aromatic rings. The zero-order valence-corrected chi connectivity index (χ0v) is 12.9. The standard InChI is InChI=1S/C15H11BrN4O2/c16-10-2-1-3-12(8-10)22-14-5-4-11(9-17-14)19-15(21)13-6-7-18-20-13/h1-9H,(H,18,20)(H,19,21). The maximum atomic E-state index is 11.8. The van der Waals surface area contributed by atoms with Crippen molar-refractivity contribution in [1.29, 1.82) is 0 Å². The number of carbonyl (C=O) groups excluding carboxylic acids is 1. The van der Waals surface area contributed by atoms with Crippen molar-refractivity contribution in [2.45, 2.75) is 0 Å². The highest BCUT2D eigenvalue weighted by atomic mass is 79.9. The molecular formula is C15H11BrN4O2. The number of benzene rings is 1. The van der Waals surface area contributed by atoms with Gasteiger partial charge in [0.1, 0.15) is 11.4 Å². The molecule has 0 spiro atoms. The number of nitrogens with one attached hydrogen (secondary N) is 2. The third-order valence-electron chi connectivity index (χ3n) is 2.76. The number of ether oxygens (including phenoxy) is 1. The number of aromatic amines is 1. The Morgan fingerprint density at radius 1 is 1.23 bits per heavy atom. The molecule has 0 atom stereocenters. The van der Waals surface area contributed by atoms with Crippen molar-refractivity contribution in [3.05, 3.63) is 65.0 Å². The maximum Gasteiger partial charge on any atom is 0.273 e. The first kappa shape index (κ1) is 14.3. The minimum Gasteiger partial charge on any atom is -0.439 e. The second kappa shape index (κ2) is 6.40. The number of pyridine rings is 1. The van der Waals surface area contributed by atoms with Crippen molar-refractivity contribution in [3.63, 3.8) is 0 Å². The van der Waals surface area contributed by atoms with Crippen molar-refractivity contribution >= 4 is 27.5 Å². The summed E-state index contributed by atoms with van der Waals surface area (Å²) in [6.07, 6.45) is 3.05. The summed E-state index contributed by atoms with van der Waals surface area (Å²) in [4.78, 5) is 16.0. The second-order valence-electron chi connectivity index (χ2n) is 4.37. The Kier molecular flexibility index (Phi) is 4.15. The zero-order valence-electron chi connectivity index (χ0n) is 11.3. The Hall–Kier alpha value is -2.67. The molecule has 0 aliphatic heterocycles. The first-order valence-electron chi connectivity index (χ1n) is 6.41. The normalized spacial score (nSPS) is 10.2. The SMILES string of the molecule is O=C(Nc1ccc(Oc2cccc(Br)c2)nc1)c1ccn[nH]1. The number of rotatable bonds is 4. The summed E-state index contributed by atoms with van der Waals surface area (Å²) in [5.41, 5.74) is 0.954. The fourth-order valence-electron chi connectivity index (χ4n) is 1.75. The van der Waals surface area contributed by atoms with Gasteiger partial charge in [-0.15, -0.1) is 0 Å². The van der Waals surface area contributed by atoms with Gasteiger partial charge in [-0.25, -0.2) is 4.98 Å². The van der Waals surface area contributed by atoms with Crippen molar-refractivity contribution in [3.8, 4) is 11.6 Å². The van der Waals surface area contributed by atoms with Crippen LogP contribution in [-0.2, 0) is 0 Å². The van der Waals surface area contributed by atoms with Gasteiger partial charge in [-0.1, -0.05) is 22.0 Å². The van der Waals surface area contributed by atoms with Gasteiger partial charge in [0.05, 0.1) is 11.9 Å². The average Bonchev–Trinajstić information content (AvgIpc) is 3.04. The first-order chi connectivity index (χ1) is 10.7. The van der Waals surface area contributed by atoms with Crippen LogP contribution in [0.3, 0.4) is 0 Å². The number of amides is 1. The number of anilines is 1. The lowest BCUT2D eigenvalue weighted by atomic mass is 10.3. The number of nitrogens with zero attached hydrogens (tertiary/aromatic N) is 2. The summed E-state index contributed by atoms with van der Waals surface area (Å²) >= 11 is 3.38. The van der Waals surface area contributed by atoms with Crippen molar-refractivity contribution < 1.29 is 9.53 Å². The monoisotopic (exact) mass is 358 g/mol. The predicted molar refractivity (Wildman–Crippen MR) is 85.0 cm³/mol. The quantitative estimate of drug-likeness (QED) is 0.746. The minimum atomic E-state index is -0.278. The summed E-state index contributed by atoms with van der Waals surface area (Å²) in [6.45, 7) is 0. The van der Waals surface area contributed by atoms with E-state index in [0.717, 1.165) is 4.47 Å². The summed E-state index contributed by atoms with van der Waals surface area (Å²) in [5, 5.41) is 9.03. The molecule has 22 heavy (non-hydrogen) atoms. The third-order valence-corrected chi connectivity index (χ3v) is 3.25. The van der Waals surface area contributed by atoms with Crippen LogP contribution in [0.1, 0.15) is 10.5 Å². The molecule has 0 radical (unpaired) electrons. The van der Waals surface area contributed by atoms with E-state index < -0.39 is 0 Å². The molecular weight excluding hydrogens is 348 g/mol. The molecule has 0 unspecified atom stereocenters. The van der Waals surface area contributed by atoms with E-state index in [9.17, 15) is 4.79 Å². The van der Waals surface area contributed by atoms with E-state index in [1.165, 1.54) is 12.4 Å². The van der Waals surface area contributed by atoms with Crippen LogP contribution >= 0.6 is 15.9 Å². The van der Waals surface area contributed by atoms with E-state index >= 15 is 0 Å². The fraction of sp³-hybridized carbons (Fsp3) is 0. The molecule has 2 aromatic heterocycles. The van der Waals surface area contributed by atoms with Crippen LogP contribution in [0.2, 0.25) is 0 Å². The summed E-state index contributed by atoms with van der Waals surface area (Å²) in [6, 6.07) is 12.5. The first-order valence-corrected chi connectivity index (χ1v) is 7.20. The molecule has 0 saturated carbocycles. The number of aromatic nitrogens is 3. The number of H-pyrrole nitrogens is 1. The van der Waals surface area contributed by atoms with Gasteiger partial charge >= 0.3 is 0 Å². The maximum absolute atomic E-state index is 11.8. The molecule has 7 heteroatoms. The van der Waals surface area contributed by atoms with Gasteiger partial charge in [0.2, 0.25) is 5.88 Å². The zero-order chi connectivity index (χ0) is 15.4. The third kappa shape index (κ3) is 3.50. The Bertz CT molecular complexity index is 773. The van der Waals surface area contributed by atoms with Crippen LogP contribution in [-0.4, -0.2) is 21.1 Å². The van der Waals surface area contributed by atoms with Gasteiger partial charge in [-0.3, -0.25) is 9.89 Å². The van der Waals surface area contributed by atoms with Gasteiger partial charge in [0.25, 0.3) is 5.91 Å². The van der Waals surface area contributed by atoms with Crippen LogP contribution in [0.5, 0.6) is 11.6 Å². The Labute approximate surface area is 134 Å². The molecule has 0 aliphatic carbocycles. The van der Waals surface area contributed by atoms with Crippen LogP contribution in [0.4, 0.5) is 5.69 Å².